The normalized spacial score (nSPS) is 17.5. The van der Waals surface area contributed by atoms with E-state index in [1.807, 2.05) is 31.2 Å². The molecule has 9 nitrogen and oxygen atoms in total. The summed E-state index contributed by atoms with van der Waals surface area (Å²) < 4.78 is 18.8. The summed E-state index contributed by atoms with van der Waals surface area (Å²) in [7, 11) is 1.60. The largest absolute Gasteiger partial charge is 0.497 e. The molecule has 2 aromatic carbocycles. The number of likely N-dealkylation sites (tertiary alicyclic amines) is 1. The van der Waals surface area contributed by atoms with E-state index < -0.39 is 35.7 Å². The van der Waals surface area contributed by atoms with Gasteiger partial charge >= 0.3 is 0 Å². The summed E-state index contributed by atoms with van der Waals surface area (Å²) in [5.41, 5.74) is 2.32. The number of halogens is 1. The van der Waals surface area contributed by atoms with Crippen LogP contribution in [0.3, 0.4) is 0 Å². The van der Waals surface area contributed by atoms with Gasteiger partial charge in [-0.25, -0.2) is 9.37 Å². The summed E-state index contributed by atoms with van der Waals surface area (Å²) in [5, 5.41) is 16.4. The molecule has 2 heterocycles. The van der Waals surface area contributed by atoms with Crippen LogP contribution in [0.1, 0.15) is 61.3 Å². The number of aromatic nitrogens is 1. The van der Waals surface area contributed by atoms with Crippen LogP contribution in [0.15, 0.2) is 54.6 Å². The number of aliphatic hydroxyl groups excluding tert-OH is 1. The molecule has 1 aromatic heterocycles. The monoisotopic (exact) mass is 576 g/mol. The number of nitrogens with one attached hydrogen (secondary N) is 2. The number of carbonyl (C=O) groups excluding carboxylic acids is 3. The highest BCUT2D eigenvalue weighted by Crippen LogP contribution is 2.26. The first-order chi connectivity index (χ1) is 20.0. The number of rotatable bonds is 10. The number of hydrogen-bond acceptors (Lipinski definition) is 6. The molecular weight excluding hydrogens is 539 g/mol. The number of hydrogen-bond donors (Lipinski definition) is 3. The van der Waals surface area contributed by atoms with Crippen LogP contribution in [0, 0.1) is 11.7 Å². The Kier molecular flexibility index (Phi) is 9.90. The van der Waals surface area contributed by atoms with Crippen molar-refractivity contribution in [3.8, 4) is 5.75 Å². The molecule has 3 aromatic rings. The number of pyridine rings is 1. The lowest BCUT2D eigenvalue weighted by molar-refractivity contribution is -0.138. The predicted octanol–water partition coefficient (Wildman–Crippen LogP) is 4.01. The van der Waals surface area contributed by atoms with E-state index in [0.29, 0.717) is 22.6 Å². The van der Waals surface area contributed by atoms with Crippen LogP contribution < -0.4 is 15.4 Å². The predicted molar refractivity (Wildman–Crippen MR) is 158 cm³/mol. The van der Waals surface area contributed by atoms with Crippen LogP contribution in [-0.4, -0.2) is 65.1 Å². The average Bonchev–Trinajstić information content (AvgIpc) is 3.36. The number of aliphatic hydroxyl groups is 1. The smallest absolute Gasteiger partial charge is 0.270 e. The van der Waals surface area contributed by atoms with Crippen LogP contribution in [0.4, 0.5) is 4.39 Å². The number of allylic oxidation sites excluding steroid dienone is 1. The van der Waals surface area contributed by atoms with Crippen LogP contribution >= 0.6 is 0 Å². The first kappa shape index (κ1) is 30.6. The zero-order valence-electron chi connectivity index (χ0n) is 24.3. The maximum absolute atomic E-state index is 13.4. The molecule has 4 rings (SSSR count). The second-order valence-electron chi connectivity index (χ2n) is 10.9. The van der Waals surface area contributed by atoms with Gasteiger partial charge in [-0.1, -0.05) is 38.1 Å². The molecule has 3 amide bonds. The van der Waals surface area contributed by atoms with E-state index in [4.69, 9.17) is 4.74 Å². The van der Waals surface area contributed by atoms with Crippen molar-refractivity contribution in [3.05, 3.63) is 77.2 Å². The highest BCUT2D eigenvalue weighted by molar-refractivity contribution is 5.97. The highest BCUT2D eigenvalue weighted by atomic mass is 19.1. The minimum Gasteiger partial charge on any atom is -0.497 e. The van der Waals surface area contributed by atoms with Crippen LogP contribution in [-0.2, 0) is 9.59 Å². The molecule has 0 radical (unpaired) electrons. The van der Waals surface area contributed by atoms with Crippen molar-refractivity contribution in [1.82, 2.24) is 20.5 Å². The van der Waals surface area contributed by atoms with E-state index >= 15 is 0 Å². The van der Waals surface area contributed by atoms with E-state index in [0.717, 1.165) is 17.5 Å². The molecule has 1 aliphatic rings. The molecule has 42 heavy (non-hydrogen) atoms. The topological polar surface area (TPSA) is 121 Å². The quantitative estimate of drug-likeness (QED) is 0.336. The van der Waals surface area contributed by atoms with E-state index in [9.17, 15) is 23.9 Å². The van der Waals surface area contributed by atoms with Crippen LogP contribution in [0.25, 0.3) is 17.0 Å². The van der Waals surface area contributed by atoms with Gasteiger partial charge in [-0.15, -0.1) is 0 Å². The molecule has 0 unspecified atom stereocenters. The lowest BCUT2D eigenvalue weighted by Gasteiger charge is -2.26. The van der Waals surface area contributed by atoms with Gasteiger partial charge in [-0.05, 0) is 66.8 Å². The number of ether oxygens (including phenoxy) is 1. The Morgan fingerprint density at radius 2 is 1.93 bits per heavy atom. The summed E-state index contributed by atoms with van der Waals surface area (Å²) in [4.78, 5) is 44.6. The van der Waals surface area contributed by atoms with Gasteiger partial charge in [0.2, 0.25) is 11.8 Å². The third-order valence-electron chi connectivity index (χ3n) is 7.21. The number of carbonyl (C=O) groups is 3. The Labute approximate surface area is 244 Å². The Morgan fingerprint density at radius 1 is 1.14 bits per heavy atom. The van der Waals surface area contributed by atoms with Gasteiger partial charge in [0.1, 0.15) is 23.3 Å². The molecule has 222 valence electrons. The summed E-state index contributed by atoms with van der Waals surface area (Å²) in [6, 6.07) is 11.4. The molecule has 0 aliphatic carbocycles. The second kappa shape index (κ2) is 13.6. The molecular formula is C32H37FN4O5. The molecule has 0 spiro atoms. The zero-order valence-corrected chi connectivity index (χ0v) is 24.3. The fourth-order valence-electron chi connectivity index (χ4n) is 4.98. The van der Waals surface area contributed by atoms with Crippen molar-refractivity contribution in [2.24, 2.45) is 5.92 Å². The lowest BCUT2D eigenvalue weighted by Crippen LogP contribution is -2.49. The minimum absolute atomic E-state index is 0.0211. The Balaban J connectivity index is 1.41. The standard InChI is InChI=1S/C32H37FN4O5/c1-19(2)6-5-7-21-15-25(42-4)10-11-26(21)20(3)35-32(41)29-16-24(38)18-37(29)30(39)17-34-31(40)28-12-8-22-14-23(33)9-13-27(22)36-28/h5,7-15,19-20,24,29,38H,6,16-18H2,1-4H3,(H,34,40)(H,35,41)/b7-5+/t20-,24+,29-/m0/s1. The number of nitrogens with zero attached hydrogens (tertiary/aromatic N) is 2. The third kappa shape index (κ3) is 7.50. The highest BCUT2D eigenvalue weighted by Gasteiger charge is 2.39. The Hall–Kier alpha value is -4.31. The average molecular weight is 577 g/mol. The Morgan fingerprint density at radius 3 is 2.67 bits per heavy atom. The van der Waals surface area contributed by atoms with Crippen molar-refractivity contribution >= 4 is 34.7 Å². The maximum atomic E-state index is 13.4. The molecule has 3 atom stereocenters. The number of amides is 3. The first-order valence-electron chi connectivity index (χ1n) is 14.0. The molecule has 3 N–H and O–H groups in total. The molecule has 1 fully saturated rings. The van der Waals surface area contributed by atoms with Crippen molar-refractivity contribution in [2.75, 3.05) is 20.2 Å². The third-order valence-corrected chi connectivity index (χ3v) is 7.21. The SMILES string of the molecule is COc1ccc([C@H](C)NC(=O)[C@@H]2C[C@@H](O)CN2C(=O)CNC(=O)c2ccc3cc(F)ccc3n2)c(/C=C/CC(C)C)c1. The molecule has 1 aliphatic heterocycles. The summed E-state index contributed by atoms with van der Waals surface area (Å²) >= 11 is 0. The van der Waals surface area contributed by atoms with Gasteiger partial charge in [-0.3, -0.25) is 14.4 Å². The number of fused-ring (bicyclic) bond motifs is 1. The summed E-state index contributed by atoms with van der Waals surface area (Å²) in [6.45, 7) is 5.74. The molecule has 1 saturated heterocycles. The number of β-amino-alcohol motifs (C(OH)–C–C–N with tert-alkyl or cyclic N) is 1. The first-order valence-corrected chi connectivity index (χ1v) is 14.0. The molecule has 10 heteroatoms. The van der Waals surface area contributed by atoms with Gasteiger partial charge < -0.3 is 25.4 Å². The molecule has 0 saturated carbocycles. The fourth-order valence-corrected chi connectivity index (χ4v) is 4.98. The van der Waals surface area contributed by atoms with Crippen molar-refractivity contribution in [3.63, 3.8) is 0 Å². The van der Waals surface area contributed by atoms with Gasteiger partial charge in [0.05, 0.1) is 31.3 Å². The number of methoxy groups -OCH3 is 1. The van der Waals surface area contributed by atoms with Gasteiger partial charge in [0.25, 0.3) is 5.91 Å². The van der Waals surface area contributed by atoms with Gasteiger partial charge in [0, 0.05) is 18.4 Å². The summed E-state index contributed by atoms with van der Waals surface area (Å²) in [6.07, 6.45) is 4.23. The summed E-state index contributed by atoms with van der Waals surface area (Å²) in [5.74, 6) is -0.680. The van der Waals surface area contributed by atoms with Crippen molar-refractivity contribution in [1.29, 1.82) is 0 Å². The van der Waals surface area contributed by atoms with Crippen molar-refractivity contribution in [2.45, 2.75) is 51.8 Å². The minimum atomic E-state index is -0.890. The van der Waals surface area contributed by atoms with Gasteiger partial charge in [-0.2, -0.15) is 0 Å². The van der Waals surface area contributed by atoms with E-state index in [2.05, 4.69) is 35.5 Å². The van der Waals surface area contributed by atoms with Crippen LogP contribution in [0.5, 0.6) is 5.75 Å². The van der Waals surface area contributed by atoms with Crippen LogP contribution in [0.2, 0.25) is 0 Å². The van der Waals surface area contributed by atoms with Crippen molar-refractivity contribution < 1.29 is 28.6 Å². The Bertz CT molecular complexity index is 1490. The number of benzene rings is 2. The van der Waals surface area contributed by atoms with E-state index in [1.54, 1.807) is 13.2 Å². The fraction of sp³-hybridized carbons (Fsp3) is 0.375. The van der Waals surface area contributed by atoms with E-state index in [-0.39, 0.29) is 31.2 Å². The zero-order chi connectivity index (χ0) is 30.4. The second-order valence-corrected chi connectivity index (χ2v) is 10.9. The lowest BCUT2D eigenvalue weighted by atomic mass is 9.99. The van der Waals surface area contributed by atoms with E-state index in [1.165, 1.54) is 29.2 Å². The molecule has 0 bridgehead atoms. The van der Waals surface area contributed by atoms with Gasteiger partial charge in [0.15, 0.2) is 0 Å². The maximum Gasteiger partial charge on any atom is 0.270 e.